The van der Waals surface area contributed by atoms with E-state index in [1.165, 1.54) is 135 Å². The summed E-state index contributed by atoms with van der Waals surface area (Å²) < 4.78 is 16.9. The Bertz CT molecular complexity index is 915. The van der Waals surface area contributed by atoms with Gasteiger partial charge in [0.15, 0.2) is 0 Å². The molecule has 8 nitrogen and oxygen atoms in total. The van der Waals surface area contributed by atoms with Gasteiger partial charge in [-0.1, -0.05) is 181 Å². The molecule has 0 bridgehead atoms. The van der Waals surface area contributed by atoms with E-state index in [9.17, 15) is 14.4 Å². The van der Waals surface area contributed by atoms with Crippen LogP contribution in [0.25, 0.3) is 0 Å². The maximum Gasteiger partial charge on any atom is 0.308 e. The highest BCUT2D eigenvalue weighted by molar-refractivity contribution is 5.72. The predicted molar refractivity (Wildman–Crippen MR) is 250 cm³/mol. The first-order valence-corrected chi connectivity index (χ1v) is 25.7. The van der Waals surface area contributed by atoms with Gasteiger partial charge in [-0.15, -0.1) is 0 Å². The summed E-state index contributed by atoms with van der Waals surface area (Å²) in [6.45, 7) is 12.1. The van der Waals surface area contributed by atoms with Crippen LogP contribution in [-0.2, 0) is 28.6 Å². The Morgan fingerprint density at radius 3 is 1.24 bits per heavy atom. The molecule has 0 spiro atoms. The van der Waals surface area contributed by atoms with Gasteiger partial charge in [-0.25, -0.2) is 0 Å². The van der Waals surface area contributed by atoms with Gasteiger partial charge in [0, 0.05) is 19.4 Å². The van der Waals surface area contributed by atoms with Crippen LogP contribution < -0.4 is 0 Å². The van der Waals surface area contributed by atoms with Gasteiger partial charge in [-0.2, -0.15) is 0 Å². The molecule has 0 N–H and O–H groups in total. The lowest BCUT2D eigenvalue weighted by Crippen LogP contribution is -2.30. The SMILES string of the molecule is CCCCCCCCCC(=O)OCCCCCCCCCN(CCCCCCCCOC(=O)C(CCCCCC)CCCCCCCC)CCOC(=O)CCCN(C)C. The highest BCUT2D eigenvalue weighted by atomic mass is 16.5. The zero-order valence-corrected chi connectivity index (χ0v) is 40.1. The molecule has 0 fully saturated rings. The molecule has 350 valence electrons. The Morgan fingerprint density at radius 2 is 0.746 bits per heavy atom. The van der Waals surface area contributed by atoms with Crippen molar-refractivity contribution < 1.29 is 28.6 Å². The minimum Gasteiger partial charge on any atom is -0.466 e. The van der Waals surface area contributed by atoms with Gasteiger partial charge in [0.25, 0.3) is 0 Å². The van der Waals surface area contributed by atoms with Crippen molar-refractivity contribution in [2.45, 2.75) is 245 Å². The molecule has 0 aromatic rings. The van der Waals surface area contributed by atoms with E-state index < -0.39 is 0 Å². The quantitative estimate of drug-likeness (QED) is 0.0340. The third kappa shape index (κ3) is 42.8. The number of ether oxygens (including phenoxy) is 3. The summed E-state index contributed by atoms with van der Waals surface area (Å²) >= 11 is 0. The van der Waals surface area contributed by atoms with Crippen LogP contribution in [0.15, 0.2) is 0 Å². The van der Waals surface area contributed by atoms with Gasteiger partial charge in [-0.3, -0.25) is 19.3 Å². The summed E-state index contributed by atoms with van der Waals surface area (Å²) in [5.41, 5.74) is 0. The van der Waals surface area contributed by atoms with E-state index in [-0.39, 0.29) is 23.8 Å². The Labute approximate surface area is 366 Å². The number of hydrogen-bond acceptors (Lipinski definition) is 8. The average Bonchev–Trinajstić information content (AvgIpc) is 3.21. The van der Waals surface area contributed by atoms with Crippen molar-refractivity contribution >= 4 is 17.9 Å². The summed E-state index contributed by atoms with van der Waals surface area (Å²) in [6, 6.07) is 0. The minimum absolute atomic E-state index is 0.0212. The molecule has 0 aromatic carbocycles. The van der Waals surface area contributed by atoms with Crippen LogP contribution in [0.2, 0.25) is 0 Å². The fraction of sp³-hybridized carbons (Fsp3) is 0.941. The van der Waals surface area contributed by atoms with Crippen molar-refractivity contribution in [3.63, 3.8) is 0 Å². The molecule has 0 rings (SSSR count). The van der Waals surface area contributed by atoms with Crippen molar-refractivity contribution in [1.82, 2.24) is 9.80 Å². The van der Waals surface area contributed by atoms with Crippen molar-refractivity contribution in [2.75, 3.05) is 60.1 Å². The predicted octanol–water partition coefficient (Wildman–Crippen LogP) is 13.8. The summed E-state index contributed by atoms with van der Waals surface area (Å²) in [4.78, 5) is 41.8. The lowest BCUT2D eigenvalue weighted by Gasteiger charge is -2.22. The minimum atomic E-state index is -0.0827. The van der Waals surface area contributed by atoms with Crippen LogP contribution in [0.1, 0.15) is 245 Å². The first kappa shape index (κ1) is 57.3. The third-order valence-corrected chi connectivity index (χ3v) is 11.8. The van der Waals surface area contributed by atoms with Crippen molar-refractivity contribution in [3.05, 3.63) is 0 Å². The van der Waals surface area contributed by atoms with E-state index in [0.29, 0.717) is 32.7 Å². The Balaban J connectivity index is 4.30. The largest absolute Gasteiger partial charge is 0.466 e. The zero-order chi connectivity index (χ0) is 43.3. The standard InChI is InChI=1S/C51H100N2O6/c1-6-9-12-15-18-24-31-39-49(54)57-45-34-27-21-17-19-25-32-42-53(44-47-58-50(55)40-36-41-52(4)5)43-33-26-20-22-28-35-46-59-51(56)48(37-29-14-11-8-3)38-30-23-16-13-10-7-2/h48H,6-47H2,1-5H3. The monoisotopic (exact) mass is 837 g/mol. The second-order valence-electron chi connectivity index (χ2n) is 17.9. The first-order chi connectivity index (χ1) is 28.8. The van der Waals surface area contributed by atoms with Crippen LogP contribution in [0.5, 0.6) is 0 Å². The second-order valence-corrected chi connectivity index (χ2v) is 17.9. The highest BCUT2D eigenvalue weighted by Crippen LogP contribution is 2.21. The number of hydrogen-bond donors (Lipinski definition) is 0. The lowest BCUT2D eigenvalue weighted by molar-refractivity contribution is -0.149. The van der Waals surface area contributed by atoms with Crippen molar-refractivity contribution in [2.24, 2.45) is 5.92 Å². The summed E-state index contributed by atoms with van der Waals surface area (Å²) in [7, 11) is 4.06. The number of carbonyl (C=O) groups is 3. The van der Waals surface area contributed by atoms with E-state index >= 15 is 0 Å². The number of unbranched alkanes of at least 4 members (excludes halogenated alkanes) is 25. The van der Waals surface area contributed by atoms with E-state index in [4.69, 9.17) is 14.2 Å². The average molecular weight is 837 g/mol. The van der Waals surface area contributed by atoms with E-state index in [2.05, 4.69) is 30.6 Å². The molecular weight excluding hydrogens is 737 g/mol. The number of nitrogens with zero attached hydrogens (tertiary/aromatic N) is 2. The fourth-order valence-electron chi connectivity index (χ4n) is 7.85. The summed E-state index contributed by atoms with van der Waals surface area (Å²) in [5, 5.41) is 0. The van der Waals surface area contributed by atoms with Gasteiger partial charge < -0.3 is 19.1 Å². The van der Waals surface area contributed by atoms with Crippen LogP contribution in [0.4, 0.5) is 0 Å². The normalized spacial score (nSPS) is 12.1. The van der Waals surface area contributed by atoms with E-state index in [0.717, 1.165) is 103 Å². The molecule has 0 aliphatic heterocycles. The van der Waals surface area contributed by atoms with Crippen molar-refractivity contribution in [1.29, 1.82) is 0 Å². The Morgan fingerprint density at radius 1 is 0.373 bits per heavy atom. The Kier molecular flexibility index (Phi) is 44.5. The van der Waals surface area contributed by atoms with Gasteiger partial charge in [0.1, 0.15) is 6.61 Å². The molecular formula is C51H100N2O6. The van der Waals surface area contributed by atoms with Crippen molar-refractivity contribution in [3.8, 4) is 0 Å². The fourth-order valence-corrected chi connectivity index (χ4v) is 7.85. The maximum atomic E-state index is 13.0. The summed E-state index contributed by atoms with van der Waals surface area (Å²) in [5.74, 6) is 0.0388. The van der Waals surface area contributed by atoms with Gasteiger partial charge in [0.2, 0.25) is 0 Å². The molecule has 8 heteroatoms. The number of rotatable bonds is 47. The molecule has 0 saturated heterocycles. The molecule has 0 heterocycles. The van der Waals surface area contributed by atoms with Crippen LogP contribution in [-0.4, -0.2) is 87.8 Å². The molecule has 0 amide bonds. The zero-order valence-electron chi connectivity index (χ0n) is 40.1. The Hall–Kier alpha value is -1.67. The second kappa shape index (κ2) is 45.8. The van der Waals surface area contributed by atoms with Gasteiger partial charge >= 0.3 is 17.9 Å². The molecule has 0 aliphatic carbocycles. The maximum absolute atomic E-state index is 13.0. The number of esters is 3. The topological polar surface area (TPSA) is 85.4 Å². The molecule has 0 aliphatic rings. The summed E-state index contributed by atoms with van der Waals surface area (Å²) in [6.07, 6.45) is 39.8. The molecule has 0 saturated carbocycles. The van der Waals surface area contributed by atoms with E-state index in [1.54, 1.807) is 0 Å². The molecule has 1 atom stereocenters. The third-order valence-electron chi connectivity index (χ3n) is 11.8. The molecule has 0 aromatic heterocycles. The van der Waals surface area contributed by atoms with Gasteiger partial charge in [0.05, 0.1) is 19.1 Å². The van der Waals surface area contributed by atoms with Crippen LogP contribution >= 0.6 is 0 Å². The van der Waals surface area contributed by atoms with Crippen LogP contribution in [0, 0.1) is 5.92 Å². The smallest absolute Gasteiger partial charge is 0.308 e. The van der Waals surface area contributed by atoms with E-state index in [1.807, 2.05) is 14.1 Å². The molecule has 59 heavy (non-hydrogen) atoms. The number of carbonyl (C=O) groups excluding carboxylic acids is 3. The lowest BCUT2D eigenvalue weighted by atomic mass is 9.94. The molecule has 1 unspecified atom stereocenters. The first-order valence-electron chi connectivity index (χ1n) is 25.7. The van der Waals surface area contributed by atoms with Gasteiger partial charge in [-0.05, 0) is 85.1 Å². The highest BCUT2D eigenvalue weighted by Gasteiger charge is 2.19. The van der Waals surface area contributed by atoms with Crippen LogP contribution in [0.3, 0.4) is 0 Å². The molecule has 0 radical (unpaired) electrons.